The van der Waals surface area contributed by atoms with E-state index in [1.54, 1.807) is 12.1 Å². The number of nitrogens with one attached hydrogen (secondary N) is 1. The lowest BCUT2D eigenvalue weighted by Crippen LogP contribution is -2.06. The van der Waals surface area contributed by atoms with Crippen molar-refractivity contribution in [2.75, 3.05) is 0 Å². The SMILES string of the molecule is O=C(CCc1c[nH]c2ccccc12)OCc1csc(COc2ccc(F)cc2)n1. The van der Waals surface area contributed by atoms with Gasteiger partial charge in [0.2, 0.25) is 0 Å². The number of hydrogen-bond donors (Lipinski definition) is 1. The number of benzene rings is 2. The van der Waals surface area contributed by atoms with Crippen molar-refractivity contribution < 1.29 is 18.7 Å². The first-order valence-corrected chi connectivity index (χ1v) is 10.1. The van der Waals surface area contributed by atoms with Gasteiger partial charge in [-0.05, 0) is 42.3 Å². The molecule has 0 aliphatic heterocycles. The number of ether oxygens (including phenoxy) is 2. The largest absolute Gasteiger partial charge is 0.486 e. The number of carbonyl (C=O) groups excluding carboxylic acids is 1. The van der Waals surface area contributed by atoms with Crippen LogP contribution in [0.15, 0.2) is 60.1 Å². The lowest BCUT2D eigenvalue weighted by atomic mass is 10.1. The van der Waals surface area contributed by atoms with Gasteiger partial charge in [0.25, 0.3) is 0 Å². The highest BCUT2D eigenvalue weighted by atomic mass is 32.1. The van der Waals surface area contributed by atoms with Crippen LogP contribution in [0.25, 0.3) is 10.9 Å². The van der Waals surface area contributed by atoms with Gasteiger partial charge in [0.1, 0.15) is 29.8 Å². The van der Waals surface area contributed by atoms with Crippen molar-refractivity contribution in [2.45, 2.75) is 26.1 Å². The zero-order valence-corrected chi connectivity index (χ0v) is 16.4. The highest BCUT2D eigenvalue weighted by molar-refractivity contribution is 7.09. The van der Waals surface area contributed by atoms with Crippen LogP contribution in [-0.2, 0) is 29.2 Å². The molecule has 148 valence electrons. The molecule has 4 aromatic rings. The minimum absolute atomic E-state index is 0.139. The normalized spacial score (nSPS) is 10.9. The summed E-state index contributed by atoms with van der Waals surface area (Å²) in [5.74, 6) is 0.0136. The van der Waals surface area contributed by atoms with Gasteiger partial charge < -0.3 is 14.5 Å². The summed E-state index contributed by atoms with van der Waals surface area (Å²) >= 11 is 1.43. The Bertz CT molecular complexity index is 1100. The van der Waals surface area contributed by atoms with Crippen LogP contribution in [0.4, 0.5) is 4.39 Å². The zero-order valence-electron chi connectivity index (χ0n) is 15.6. The maximum Gasteiger partial charge on any atom is 0.306 e. The minimum Gasteiger partial charge on any atom is -0.486 e. The van der Waals surface area contributed by atoms with E-state index in [-0.39, 0.29) is 25.0 Å². The molecule has 0 fully saturated rings. The number of rotatable bonds is 8. The average molecular weight is 410 g/mol. The molecule has 0 aliphatic carbocycles. The van der Waals surface area contributed by atoms with E-state index in [0.29, 0.717) is 24.3 Å². The molecule has 0 aliphatic rings. The quantitative estimate of drug-likeness (QED) is 0.414. The van der Waals surface area contributed by atoms with Crippen LogP contribution in [0.5, 0.6) is 5.75 Å². The first-order valence-electron chi connectivity index (χ1n) is 9.19. The summed E-state index contributed by atoms with van der Waals surface area (Å²) in [6.07, 6.45) is 2.87. The smallest absolute Gasteiger partial charge is 0.306 e. The number of aryl methyl sites for hydroxylation is 1. The molecule has 0 bridgehead atoms. The van der Waals surface area contributed by atoms with Crippen molar-refractivity contribution in [1.82, 2.24) is 9.97 Å². The van der Waals surface area contributed by atoms with E-state index in [2.05, 4.69) is 9.97 Å². The highest BCUT2D eigenvalue weighted by Gasteiger charge is 2.10. The van der Waals surface area contributed by atoms with Gasteiger partial charge in [-0.1, -0.05) is 18.2 Å². The number of carbonyl (C=O) groups is 1. The number of nitrogens with zero attached hydrogens (tertiary/aromatic N) is 1. The van der Waals surface area contributed by atoms with Gasteiger partial charge in [0.05, 0.1) is 5.69 Å². The average Bonchev–Trinajstić information content (AvgIpc) is 3.37. The summed E-state index contributed by atoms with van der Waals surface area (Å²) in [6.45, 7) is 0.421. The summed E-state index contributed by atoms with van der Waals surface area (Å²) < 4.78 is 23.8. The first kappa shape index (κ1) is 19.1. The number of fused-ring (bicyclic) bond motifs is 1. The van der Waals surface area contributed by atoms with Crippen molar-refractivity contribution >= 4 is 28.2 Å². The molecule has 7 heteroatoms. The number of aromatic amines is 1. The molecule has 0 amide bonds. The molecule has 4 rings (SSSR count). The van der Waals surface area contributed by atoms with Crippen LogP contribution < -0.4 is 4.74 Å². The van der Waals surface area contributed by atoms with Crippen molar-refractivity contribution in [3.05, 3.63) is 82.2 Å². The van der Waals surface area contributed by atoms with Crippen LogP contribution >= 0.6 is 11.3 Å². The Morgan fingerprint density at radius 2 is 1.93 bits per heavy atom. The van der Waals surface area contributed by atoms with Gasteiger partial charge in [-0.25, -0.2) is 9.37 Å². The van der Waals surface area contributed by atoms with E-state index < -0.39 is 0 Å². The molecule has 0 radical (unpaired) electrons. The molecular weight excluding hydrogens is 391 g/mol. The van der Waals surface area contributed by atoms with Crippen molar-refractivity contribution in [2.24, 2.45) is 0 Å². The van der Waals surface area contributed by atoms with Gasteiger partial charge in [0, 0.05) is 28.9 Å². The molecule has 2 aromatic carbocycles. The Morgan fingerprint density at radius 3 is 2.79 bits per heavy atom. The van der Waals surface area contributed by atoms with Crippen LogP contribution in [-0.4, -0.2) is 15.9 Å². The monoisotopic (exact) mass is 410 g/mol. The number of H-pyrrole nitrogens is 1. The molecule has 29 heavy (non-hydrogen) atoms. The van der Waals surface area contributed by atoms with Crippen LogP contribution in [0.2, 0.25) is 0 Å². The molecule has 0 saturated carbocycles. The van der Waals surface area contributed by atoms with Gasteiger partial charge in [0.15, 0.2) is 0 Å². The Balaban J connectivity index is 1.23. The maximum atomic E-state index is 12.9. The molecule has 5 nitrogen and oxygen atoms in total. The van der Waals surface area contributed by atoms with Crippen LogP contribution in [0.3, 0.4) is 0 Å². The van der Waals surface area contributed by atoms with Crippen molar-refractivity contribution in [3.8, 4) is 5.75 Å². The summed E-state index contributed by atoms with van der Waals surface area (Å²) in [4.78, 5) is 19.7. The third kappa shape index (κ3) is 5.00. The summed E-state index contributed by atoms with van der Waals surface area (Å²) in [5.41, 5.74) is 2.85. The Hall–Kier alpha value is -3.19. The fourth-order valence-electron chi connectivity index (χ4n) is 2.96. The molecule has 1 N–H and O–H groups in total. The number of aromatic nitrogens is 2. The van der Waals surface area contributed by atoms with E-state index in [9.17, 15) is 9.18 Å². The minimum atomic E-state index is -0.305. The van der Waals surface area contributed by atoms with Crippen LogP contribution in [0, 0.1) is 5.82 Å². The fraction of sp³-hybridized carbons (Fsp3) is 0.182. The van der Waals surface area contributed by atoms with Gasteiger partial charge >= 0.3 is 5.97 Å². The molecule has 0 spiro atoms. The predicted octanol–water partition coefficient (Wildman–Crippen LogP) is 5.02. The fourth-order valence-corrected chi connectivity index (χ4v) is 3.65. The van der Waals surface area contributed by atoms with E-state index in [0.717, 1.165) is 21.5 Å². The van der Waals surface area contributed by atoms with E-state index in [1.807, 2.05) is 35.8 Å². The molecular formula is C22H19FN2O3S. The first-order chi connectivity index (χ1) is 14.2. The summed E-state index contributed by atoms with van der Waals surface area (Å²) in [5, 5.41) is 3.74. The lowest BCUT2D eigenvalue weighted by Gasteiger charge is -2.04. The second-order valence-corrected chi connectivity index (χ2v) is 7.44. The standard InChI is InChI=1S/C22H19FN2O3S/c23-16-6-8-18(9-7-16)27-13-21-25-17(14-29-21)12-28-22(26)10-5-15-11-24-20-4-2-1-3-19(15)20/h1-4,6-9,11,14,24H,5,10,12-13H2. The Kier molecular flexibility index (Phi) is 5.86. The highest BCUT2D eigenvalue weighted by Crippen LogP contribution is 2.20. The molecule has 0 atom stereocenters. The molecule has 0 saturated heterocycles. The molecule has 0 unspecified atom stereocenters. The van der Waals surface area contributed by atoms with Gasteiger partial charge in [-0.15, -0.1) is 11.3 Å². The van der Waals surface area contributed by atoms with Crippen molar-refractivity contribution in [1.29, 1.82) is 0 Å². The topological polar surface area (TPSA) is 64.2 Å². The summed E-state index contributed by atoms with van der Waals surface area (Å²) in [7, 11) is 0. The van der Waals surface area contributed by atoms with Gasteiger partial charge in [-0.3, -0.25) is 4.79 Å². The number of halogens is 1. The van der Waals surface area contributed by atoms with Gasteiger partial charge in [-0.2, -0.15) is 0 Å². The summed E-state index contributed by atoms with van der Waals surface area (Å²) in [6, 6.07) is 13.8. The maximum absolute atomic E-state index is 12.9. The second kappa shape index (κ2) is 8.87. The number of thiazole rings is 1. The zero-order chi connectivity index (χ0) is 20.1. The van der Waals surface area contributed by atoms with E-state index in [1.165, 1.54) is 23.5 Å². The van der Waals surface area contributed by atoms with E-state index >= 15 is 0 Å². The second-order valence-electron chi connectivity index (χ2n) is 6.50. The Labute approximate surface area is 171 Å². The number of hydrogen-bond acceptors (Lipinski definition) is 5. The molecule has 2 heterocycles. The third-order valence-corrected chi connectivity index (χ3v) is 5.30. The van der Waals surface area contributed by atoms with E-state index in [4.69, 9.17) is 9.47 Å². The number of para-hydroxylation sites is 1. The molecule has 2 aromatic heterocycles. The predicted molar refractivity (Wildman–Crippen MR) is 109 cm³/mol. The lowest BCUT2D eigenvalue weighted by molar-refractivity contribution is -0.145. The van der Waals surface area contributed by atoms with Crippen molar-refractivity contribution in [3.63, 3.8) is 0 Å². The Morgan fingerprint density at radius 1 is 1.10 bits per heavy atom. The third-order valence-electron chi connectivity index (χ3n) is 4.43. The number of esters is 1. The van der Waals surface area contributed by atoms with Crippen LogP contribution in [0.1, 0.15) is 22.7 Å².